The first kappa shape index (κ1) is 39.8. The minimum absolute atomic E-state index is 0.173. The lowest BCUT2D eigenvalue weighted by Gasteiger charge is -2.35. The molecule has 0 radical (unpaired) electrons. The molecule has 4 N–H and O–H groups in total. The summed E-state index contributed by atoms with van der Waals surface area (Å²) in [6.07, 6.45) is 5.47. The third-order valence-electron chi connectivity index (χ3n) is 11.8. The normalized spacial score (nSPS) is 17.9. The molecule has 14 heteroatoms. The fourth-order valence-corrected chi connectivity index (χ4v) is 8.46. The van der Waals surface area contributed by atoms with E-state index in [0.717, 1.165) is 75.9 Å². The number of fused-ring (bicyclic) bond motifs is 1. The zero-order valence-corrected chi connectivity index (χ0v) is 34.0. The van der Waals surface area contributed by atoms with E-state index in [-0.39, 0.29) is 23.9 Å². The molecule has 2 fully saturated rings. The predicted molar refractivity (Wildman–Crippen MR) is 226 cm³/mol. The van der Waals surface area contributed by atoms with Crippen LogP contribution in [0.3, 0.4) is 0 Å². The van der Waals surface area contributed by atoms with Gasteiger partial charge in [0.2, 0.25) is 5.91 Å². The molecule has 0 saturated carbocycles. The van der Waals surface area contributed by atoms with Crippen molar-refractivity contribution in [2.75, 3.05) is 27.3 Å². The molecule has 2 aliphatic heterocycles. The number of carbonyl (C=O) groups excluding carboxylic acids is 4. The fraction of sp³-hybridized carbons (Fsp3) is 0.304. The molecule has 2 saturated heterocycles. The van der Waals surface area contributed by atoms with Gasteiger partial charge in [0.15, 0.2) is 0 Å². The van der Waals surface area contributed by atoms with Crippen LogP contribution in [-0.2, 0) is 24.6 Å². The van der Waals surface area contributed by atoms with Crippen LogP contribution in [-0.4, -0.2) is 87.1 Å². The molecule has 4 heterocycles. The number of hydrogen-bond donors (Lipinski definition) is 4. The van der Waals surface area contributed by atoms with Crippen molar-refractivity contribution >= 4 is 34.8 Å². The number of nitrogens with zero attached hydrogens (tertiary/aromatic N) is 4. The Balaban J connectivity index is 0.948. The SMILES string of the molecule is COC(=O)N[C@@H](C)C(=O)N1CCC[C@H]1c1ncc(-c2ccc3cc(-c4ccc(-c5cnc([C@@H]6CCCN6C(=O)[C@@](C)(NC(=O)OC)c6ccccc6)[nH]5)cc4)ccc3c2)[nH]1. The summed E-state index contributed by atoms with van der Waals surface area (Å²) >= 11 is 0. The molecule has 0 spiro atoms. The van der Waals surface area contributed by atoms with E-state index in [2.05, 4.69) is 91.0 Å². The zero-order chi connectivity index (χ0) is 42.0. The van der Waals surface area contributed by atoms with E-state index in [9.17, 15) is 19.2 Å². The van der Waals surface area contributed by atoms with Crippen LogP contribution in [0.2, 0.25) is 0 Å². The van der Waals surface area contributed by atoms with E-state index in [1.807, 2.05) is 36.5 Å². The third kappa shape index (κ3) is 7.80. The van der Waals surface area contributed by atoms with Gasteiger partial charge in [0.1, 0.15) is 23.2 Å². The van der Waals surface area contributed by atoms with Crippen LogP contribution in [0.4, 0.5) is 9.59 Å². The Morgan fingerprint density at radius 3 is 1.87 bits per heavy atom. The summed E-state index contributed by atoms with van der Waals surface area (Å²) in [6, 6.07) is 29.0. The molecule has 4 amide bonds. The molecular weight excluding hydrogens is 761 g/mol. The van der Waals surface area contributed by atoms with Gasteiger partial charge in [-0.2, -0.15) is 0 Å². The molecule has 308 valence electrons. The molecular formula is C46H48N8O6. The maximum absolute atomic E-state index is 14.2. The Bertz CT molecular complexity index is 2530. The molecule has 0 aliphatic carbocycles. The highest BCUT2D eigenvalue weighted by atomic mass is 16.5. The van der Waals surface area contributed by atoms with Crippen molar-refractivity contribution in [3.8, 4) is 33.6 Å². The fourth-order valence-electron chi connectivity index (χ4n) is 8.46. The van der Waals surface area contributed by atoms with Crippen molar-refractivity contribution in [3.05, 3.63) is 121 Å². The zero-order valence-electron chi connectivity index (χ0n) is 34.0. The topological polar surface area (TPSA) is 175 Å². The number of aromatic nitrogens is 4. The van der Waals surface area contributed by atoms with Gasteiger partial charge in [-0.25, -0.2) is 19.6 Å². The van der Waals surface area contributed by atoms with Gasteiger partial charge in [-0.1, -0.05) is 78.9 Å². The Morgan fingerprint density at radius 2 is 1.23 bits per heavy atom. The first-order chi connectivity index (χ1) is 29.1. The van der Waals surface area contributed by atoms with Crippen LogP contribution in [0, 0.1) is 0 Å². The van der Waals surface area contributed by atoms with Crippen molar-refractivity contribution in [2.24, 2.45) is 0 Å². The van der Waals surface area contributed by atoms with Gasteiger partial charge in [0.25, 0.3) is 5.91 Å². The quantitative estimate of drug-likeness (QED) is 0.109. The summed E-state index contributed by atoms with van der Waals surface area (Å²) in [5.74, 6) is 1.02. The lowest BCUT2D eigenvalue weighted by molar-refractivity contribution is -0.139. The Kier molecular flexibility index (Phi) is 11.1. The summed E-state index contributed by atoms with van der Waals surface area (Å²) < 4.78 is 9.56. The number of alkyl carbamates (subject to hydrolysis) is 2. The molecule has 2 aliphatic rings. The number of imidazole rings is 2. The molecule has 4 aromatic carbocycles. The molecule has 0 bridgehead atoms. The lowest BCUT2D eigenvalue weighted by Crippen LogP contribution is -2.55. The first-order valence-electron chi connectivity index (χ1n) is 20.2. The second-order valence-corrected chi connectivity index (χ2v) is 15.5. The number of H-pyrrole nitrogens is 2. The van der Waals surface area contributed by atoms with Crippen LogP contribution in [0.15, 0.2) is 103 Å². The van der Waals surface area contributed by atoms with E-state index >= 15 is 0 Å². The average Bonchev–Trinajstić information content (AvgIpc) is 4.13. The molecule has 8 rings (SSSR count). The molecule has 0 unspecified atom stereocenters. The van der Waals surface area contributed by atoms with Gasteiger partial charge in [-0.05, 0) is 84.7 Å². The number of methoxy groups -OCH3 is 2. The summed E-state index contributed by atoms with van der Waals surface area (Å²) in [5, 5.41) is 7.54. The average molecular weight is 809 g/mol. The van der Waals surface area contributed by atoms with Crippen molar-refractivity contribution < 1.29 is 28.7 Å². The highest BCUT2D eigenvalue weighted by Crippen LogP contribution is 2.37. The van der Waals surface area contributed by atoms with E-state index in [0.29, 0.717) is 24.5 Å². The maximum Gasteiger partial charge on any atom is 0.407 e. The number of benzene rings is 4. The number of hydrogen-bond acceptors (Lipinski definition) is 8. The van der Waals surface area contributed by atoms with Gasteiger partial charge < -0.3 is 39.9 Å². The highest BCUT2D eigenvalue weighted by molar-refractivity contribution is 5.92. The van der Waals surface area contributed by atoms with E-state index in [4.69, 9.17) is 9.72 Å². The van der Waals surface area contributed by atoms with Crippen molar-refractivity contribution in [3.63, 3.8) is 0 Å². The summed E-state index contributed by atoms with van der Waals surface area (Å²) in [7, 11) is 2.56. The van der Waals surface area contributed by atoms with E-state index in [1.54, 1.807) is 29.8 Å². The van der Waals surface area contributed by atoms with Crippen LogP contribution in [0.25, 0.3) is 44.4 Å². The van der Waals surface area contributed by atoms with Crippen molar-refractivity contribution in [1.29, 1.82) is 0 Å². The number of rotatable bonds is 10. The van der Waals surface area contributed by atoms with Gasteiger partial charge in [-0.3, -0.25) is 9.59 Å². The Morgan fingerprint density at radius 1 is 0.700 bits per heavy atom. The van der Waals surface area contributed by atoms with Gasteiger partial charge in [0, 0.05) is 18.7 Å². The van der Waals surface area contributed by atoms with Crippen LogP contribution in [0.5, 0.6) is 0 Å². The highest BCUT2D eigenvalue weighted by Gasteiger charge is 2.45. The standard InChI is InChI=1S/C46H48N8O6/c1-28(49-44(57)59-3)42(55)53-22-8-12-38(53)40-48-27-37(51-40)34-21-20-32-24-31(18-19-33(32)25-34)29-14-16-30(17-15-29)36-26-47-41(50-36)39-13-9-23-54(39)43(56)46(2,52-45(58)60-4)35-10-6-5-7-11-35/h5-7,10-11,14-21,24-28,38-39H,8-9,12-13,22-23H2,1-4H3,(H,47,50)(H,48,51)(H,49,57)(H,52,58)/t28-,38-,39-,46-/m0/s1. The van der Waals surface area contributed by atoms with E-state index in [1.165, 1.54) is 14.2 Å². The Labute approximate surface area is 347 Å². The number of aromatic amines is 2. The largest absolute Gasteiger partial charge is 0.453 e. The molecule has 60 heavy (non-hydrogen) atoms. The predicted octanol–water partition coefficient (Wildman–Crippen LogP) is 7.63. The third-order valence-corrected chi connectivity index (χ3v) is 11.8. The minimum Gasteiger partial charge on any atom is -0.453 e. The number of carbonyl (C=O) groups is 4. The lowest BCUT2D eigenvalue weighted by atomic mass is 9.90. The number of amides is 4. The molecule has 14 nitrogen and oxygen atoms in total. The van der Waals surface area contributed by atoms with Crippen LogP contribution < -0.4 is 10.6 Å². The number of ether oxygens (including phenoxy) is 2. The molecule has 2 aromatic heterocycles. The Hall–Kier alpha value is -6.96. The minimum atomic E-state index is -1.33. The second kappa shape index (κ2) is 16.7. The second-order valence-electron chi connectivity index (χ2n) is 15.5. The van der Waals surface area contributed by atoms with Crippen molar-refractivity contribution in [1.82, 2.24) is 40.4 Å². The molecule has 6 aromatic rings. The first-order valence-corrected chi connectivity index (χ1v) is 20.2. The van der Waals surface area contributed by atoms with Crippen LogP contribution >= 0.6 is 0 Å². The van der Waals surface area contributed by atoms with Gasteiger partial charge in [0.05, 0.1) is 50.1 Å². The number of nitrogens with one attached hydrogen (secondary N) is 4. The summed E-state index contributed by atoms with van der Waals surface area (Å²) in [6.45, 7) is 4.50. The maximum atomic E-state index is 14.2. The van der Waals surface area contributed by atoms with Crippen molar-refractivity contribution in [2.45, 2.75) is 63.2 Å². The summed E-state index contributed by atoms with van der Waals surface area (Å²) in [5.41, 5.74) is 5.16. The molecule has 4 atom stereocenters. The smallest absolute Gasteiger partial charge is 0.407 e. The summed E-state index contributed by atoms with van der Waals surface area (Å²) in [4.78, 5) is 71.4. The van der Waals surface area contributed by atoms with Gasteiger partial charge >= 0.3 is 12.2 Å². The monoisotopic (exact) mass is 808 g/mol. The number of likely N-dealkylation sites (tertiary alicyclic amines) is 2. The van der Waals surface area contributed by atoms with Crippen LogP contribution in [0.1, 0.15) is 68.8 Å². The van der Waals surface area contributed by atoms with Gasteiger partial charge in [-0.15, -0.1) is 0 Å². The van der Waals surface area contributed by atoms with E-state index < -0.39 is 23.8 Å².